The van der Waals surface area contributed by atoms with Gasteiger partial charge in [0.25, 0.3) is 0 Å². The van der Waals surface area contributed by atoms with Gasteiger partial charge in [-0.1, -0.05) is 13.8 Å². The highest BCUT2D eigenvalue weighted by Crippen LogP contribution is 2.08. The molecule has 0 spiro atoms. The predicted molar refractivity (Wildman–Crippen MR) is 76.6 cm³/mol. The van der Waals surface area contributed by atoms with Crippen LogP contribution in [0.2, 0.25) is 0 Å². The Kier molecular flexibility index (Phi) is 11.8. The van der Waals surface area contributed by atoms with Crippen LogP contribution in [0.25, 0.3) is 0 Å². The molecule has 0 aliphatic rings. The van der Waals surface area contributed by atoms with E-state index in [1.54, 1.807) is 0 Å². The molecule has 0 rings (SSSR count). The fourth-order valence-electron chi connectivity index (χ4n) is 2.17. The lowest BCUT2D eigenvalue weighted by Crippen LogP contribution is -2.29. The van der Waals surface area contributed by atoms with Gasteiger partial charge in [0.15, 0.2) is 0 Å². The Bertz CT molecular complexity index is 173. The zero-order valence-electron chi connectivity index (χ0n) is 12.1. The van der Waals surface area contributed by atoms with Crippen LogP contribution in [0.15, 0.2) is 0 Å². The van der Waals surface area contributed by atoms with Gasteiger partial charge < -0.3 is 20.8 Å². The van der Waals surface area contributed by atoms with Gasteiger partial charge in [0.05, 0.1) is 12.2 Å². The highest BCUT2D eigenvalue weighted by atomic mass is 16.3. The van der Waals surface area contributed by atoms with E-state index in [4.69, 9.17) is 5.73 Å². The predicted octanol–water partition coefficient (Wildman–Crippen LogP) is 1.35. The summed E-state index contributed by atoms with van der Waals surface area (Å²) in [5, 5.41) is 19.4. The maximum absolute atomic E-state index is 9.88. The summed E-state index contributed by atoms with van der Waals surface area (Å²) in [4.78, 5) is 2.40. The molecule has 0 heterocycles. The van der Waals surface area contributed by atoms with Crippen LogP contribution in [0.4, 0.5) is 0 Å². The summed E-state index contributed by atoms with van der Waals surface area (Å²) in [5.74, 6) is 0. The third-order valence-corrected chi connectivity index (χ3v) is 3.19. The first-order valence-electron chi connectivity index (χ1n) is 7.42. The molecular formula is C14H32N2O2. The molecule has 0 radical (unpaired) electrons. The van der Waals surface area contributed by atoms with E-state index in [1.165, 1.54) is 0 Å². The first kappa shape index (κ1) is 17.8. The van der Waals surface area contributed by atoms with Crippen molar-refractivity contribution in [1.29, 1.82) is 0 Å². The summed E-state index contributed by atoms with van der Waals surface area (Å²) < 4.78 is 0. The van der Waals surface area contributed by atoms with Crippen molar-refractivity contribution in [2.45, 2.75) is 64.6 Å². The smallest absolute Gasteiger partial charge is 0.0553 e. The summed E-state index contributed by atoms with van der Waals surface area (Å²) in [6, 6.07) is 0. The van der Waals surface area contributed by atoms with Crippen LogP contribution in [0.1, 0.15) is 52.4 Å². The van der Waals surface area contributed by atoms with Crippen LogP contribution in [0, 0.1) is 0 Å². The molecule has 2 unspecified atom stereocenters. The second-order valence-electron chi connectivity index (χ2n) is 5.09. The van der Waals surface area contributed by atoms with E-state index in [-0.39, 0.29) is 12.2 Å². The van der Waals surface area contributed by atoms with E-state index in [0.29, 0.717) is 25.8 Å². The third-order valence-electron chi connectivity index (χ3n) is 3.19. The third kappa shape index (κ3) is 9.83. The number of nitrogens with zero attached hydrogens (tertiary/aromatic N) is 1. The van der Waals surface area contributed by atoms with Gasteiger partial charge >= 0.3 is 0 Å². The lowest BCUT2D eigenvalue weighted by molar-refractivity contribution is 0.0962. The number of nitrogens with two attached hydrogens (primary N) is 1. The van der Waals surface area contributed by atoms with E-state index in [2.05, 4.69) is 18.7 Å². The van der Waals surface area contributed by atoms with E-state index in [1.807, 2.05) is 0 Å². The molecule has 4 nitrogen and oxygen atoms in total. The summed E-state index contributed by atoms with van der Waals surface area (Å²) in [6.07, 6.45) is 4.42. The fraction of sp³-hybridized carbons (Fsp3) is 1.00. The lowest BCUT2D eigenvalue weighted by atomic mass is 10.1. The highest BCUT2D eigenvalue weighted by Gasteiger charge is 2.10. The van der Waals surface area contributed by atoms with Gasteiger partial charge in [0.1, 0.15) is 0 Å². The van der Waals surface area contributed by atoms with Crippen LogP contribution >= 0.6 is 0 Å². The Morgan fingerprint density at radius 2 is 1.33 bits per heavy atom. The van der Waals surface area contributed by atoms with Gasteiger partial charge in [-0.25, -0.2) is 0 Å². The molecule has 0 aromatic heterocycles. The minimum Gasteiger partial charge on any atom is -0.393 e. The van der Waals surface area contributed by atoms with Gasteiger partial charge in [0.2, 0.25) is 0 Å². The van der Waals surface area contributed by atoms with Gasteiger partial charge in [-0.15, -0.1) is 0 Å². The number of hydrogen-bond donors (Lipinski definition) is 3. The first-order chi connectivity index (χ1) is 8.63. The normalized spacial score (nSPS) is 15.0. The van der Waals surface area contributed by atoms with Crippen molar-refractivity contribution in [3.63, 3.8) is 0 Å². The molecule has 4 heteroatoms. The molecule has 110 valence electrons. The molecule has 0 fully saturated rings. The molecule has 0 saturated heterocycles. The van der Waals surface area contributed by atoms with Gasteiger partial charge in [-0.05, 0) is 58.2 Å². The minimum absolute atomic E-state index is 0.298. The largest absolute Gasteiger partial charge is 0.393 e. The van der Waals surface area contributed by atoms with Crippen molar-refractivity contribution >= 4 is 0 Å². The van der Waals surface area contributed by atoms with Crippen LogP contribution in [-0.2, 0) is 0 Å². The average Bonchev–Trinajstić information content (AvgIpc) is 2.34. The molecule has 0 aliphatic carbocycles. The van der Waals surface area contributed by atoms with E-state index in [0.717, 1.165) is 38.9 Å². The van der Waals surface area contributed by atoms with Crippen molar-refractivity contribution in [3.8, 4) is 0 Å². The van der Waals surface area contributed by atoms with Gasteiger partial charge in [0, 0.05) is 6.54 Å². The van der Waals surface area contributed by atoms with E-state index >= 15 is 0 Å². The van der Waals surface area contributed by atoms with Crippen molar-refractivity contribution in [1.82, 2.24) is 4.90 Å². The Morgan fingerprint density at radius 3 is 1.78 bits per heavy atom. The van der Waals surface area contributed by atoms with Crippen LogP contribution in [0.3, 0.4) is 0 Å². The Balaban J connectivity index is 3.68. The summed E-state index contributed by atoms with van der Waals surface area (Å²) in [6.45, 7) is 8.05. The second-order valence-corrected chi connectivity index (χ2v) is 5.09. The zero-order chi connectivity index (χ0) is 13.8. The van der Waals surface area contributed by atoms with Gasteiger partial charge in [-0.3, -0.25) is 0 Å². The highest BCUT2D eigenvalue weighted by molar-refractivity contribution is 4.65. The molecule has 0 bridgehead atoms. The quantitative estimate of drug-likeness (QED) is 0.495. The topological polar surface area (TPSA) is 69.7 Å². The minimum atomic E-state index is -0.355. The van der Waals surface area contributed by atoms with E-state index < -0.39 is 0 Å². The molecule has 4 N–H and O–H groups in total. The molecule has 18 heavy (non-hydrogen) atoms. The lowest BCUT2D eigenvalue weighted by Gasteiger charge is -2.22. The molecule has 0 aromatic rings. The maximum atomic E-state index is 9.88. The van der Waals surface area contributed by atoms with Crippen LogP contribution in [0.5, 0.6) is 0 Å². The van der Waals surface area contributed by atoms with Crippen molar-refractivity contribution in [2.24, 2.45) is 5.73 Å². The molecule has 2 atom stereocenters. The maximum Gasteiger partial charge on any atom is 0.0553 e. The molecular weight excluding hydrogens is 228 g/mol. The summed E-state index contributed by atoms with van der Waals surface area (Å²) >= 11 is 0. The molecule has 0 amide bonds. The molecule has 0 saturated carbocycles. The molecule has 0 aliphatic heterocycles. The Morgan fingerprint density at radius 1 is 0.833 bits per heavy atom. The van der Waals surface area contributed by atoms with Crippen molar-refractivity contribution < 1.29 is 10.2 Å². The number of hydrogen-bond acceptors (Lipinski definition) is 4. The second kappa shape index (κ2) is 11.9. The van der Waals surface area contributed by atoms with Crippen molar-refractivity contribution in [3.05, 3.63) is 0 Å². The molecule has 0 aromatic carbocycles. The number of aliphatic hydroxyl groups is 2. The fourth-order valence-corrected chi connectivity index (χ4v) is 2.17. The summed E-state index contributed by atoms with van der Waals surface area (Å²) in [7, 11) is 0. The van der Waals surface area contributed by atoms with Gasteiger partial charge in [-0.2, -0.15) is 0 Å². The van der Waals surface area contributed by atoms with E-state index in [9.17, 15) is 10.2 Å². The zero-order valence-corrected chi connectivity index (χ0v) is 12.1. The standard InChI is InChI=1S/C14H32N2O2/c1-3-10-16(11-4-2)12-8-14(18)6-5-13(17)7-9-15/h13-14,17-18H,3-12,15H2,1-2H3. The first-order valence-corrected chi connectivity index (χ1v) is 7.42. The van der Waals surface area contributed by atoms with Crippen molar-refractivity contribution in [2.75, 3.05) is 26.2 Å². The monoisotopic (exact) mass is 260 g/mol. The SMILES string of the molecule is CCCN(CCC)CCC(O)CCC(O)CCN. The van der Waals surface area contributed by atoms with Crippen LogP contribution in [-0.4, -0.2) is 53.5 Å². The Labute approximate surface area is 112 Å². The Hall–Kier alpha value is -0.160. The number of rotatable bonds is 12. The number of aliphatic hydroxyl groups excluding tert-OH is 2. The summed E-state index contributed by atoms with van der Waals surface area (Å²) in [5.41, 5.74) is 5.37. The average molecular weight is 260 g/mol. The van der Waals surface area contributed by atoms with Crippen LogP contribution < -0.4 is 5.73 Å².